The minimum atomic E-state index is -0.500. The summed E-state index contributed by atoms with van der Waals surface area (Å²) in [5.74, 6) is 1.16. The first-order valence-electron chi connectivity index (χ1n) is 31.2. The summed E-state index contributed by atoms with van der Waals surface area (Å²) in [4.78, 5) is 35.2. The summed E-state index contributed by atoms with van der Waals surface area (Å²) in [6, 6.07) is 32.4. The number of carbonyl (C=O) groups is 2. The van der Waals surface area contributed by atoms with Crippen LogP contribution >= 0.6 is 0 Å². The zero-order chi connectivity index (χ0) is 57.0. The van der Waals surface area contributed by atoms with Gasteiger partial charge in [0.05, 0.1) is 24.3 Å². The second-order valence-corrected chi connectivity index (χ2v) is 22.0. The standard InChI is InChI=1S/C71H94N2O8/c1-3-5-7-9-11-13-15-17-19-21-26-30-46-78-64-40-36-56-48-60(34-32-58(56)50-64)70(76)80-66-42-38-62(68(74)52-66)54-72-44-28-24-23-25-29-45-73-55-63-39-43-67(53-69(63)75)81-71(77)61-35-33-59-51-65(41-37-57(59)49-61)79-47-31-27-22-20-18-16-14-12-10-8-6-4-2/h32-43,48-55,74-75H,3-31,44-47H2,1-2H3. The van der Waals surface area contributed by atoms with Crippen LogP contribution in [0.15, 0.2) is 119 Å². The van der Waals surface area contributed by atoms with E-state index in [0.29, 0.717) is 48.6 Å². The van der Waals surface area contributed by atoms with Gasteiger partial charge >= 0.3 is 11.9 Å². The van der Waals surface area contributed by atoms with E-state index in [1.54, 1.807) is 48.8 Å². The maximum absolute atomic E-state index is 13.1. The molecule has 0 atom stereocenters. The van der Waals surface area contributed by atoms with E-state index in [4.69, 9.17) is 18.9 Å². The van der Waals surface area contributed by atoms with E-state index >= 15 is 0 Å². The molecule has 0 aliphatic heterocycles. The molecule has 6 aromatic rings. The Balaban J connectivity index is 0.788. The number of phenolic OH excluding ortho intramolecular Hbond substituents is 2. The fourth-order valence-corrected chi connectivity index (χ4v) is 10.1. The highest BCUT2D eigenvalue weighted by Gasteiger charge is 2.14. The number of nitrogens with zero attached hydrogens (tertiary/aromatic N) is 2. The molecule has 6 aromatic carbocycles. The predicted molar refractivity (Wildman–Crippen MR) is 335 cm³/mol. The number of benzene rings is 6. The van der Waals surface area contributed by atoms with Crippen LogP contribution in [-0.2, 0) is 0 Å². The molecule has 0 bridgehead atoms. The van der Waals surface area contributed by atoms with E-state index < -0.39 is 11.9 Å². The van der Waals surface area contributed by atoms with E-state index in [0.717, 1.165) is 78.0 Å². The smallest absolute Gasteiger partial charge is 0.343 e. The quantitative estimate of drug-likeness (QED) is 0.0167. The SMILES string of the molecule is CCCCCCCCCCCCCCOc1ccc2cc(C(=O)Oc3ccc(C=NCCCCCCCN=Cc4ccc(OC(=O)c5ccc6cc(OCCCCCCCCCCCCCC)ccc6c5)cc4O)c(O)c3)ccc2c1. The summed E-state index contributed by atoms with van der Waals surface area (Å²) < 4.78 is 23.4. The summed E-state index contributed by atoms with van der Waals surface area (Å²) in [5, 5.41) is 25.2. The van der Waals surface area contributed by atoms with Gasteiger partial charge in [-0.3, -0.25) is 9.98 Å². The van der Waals surface area contributed by atoms with Gasteiger partial charge in [0.25, 0.3) is 0 Å². The van der Waals surface area contributed by atoms with Crippen molar-refractivity contribution in [2.24, 2.45) is 9.98 Å². The van der Waals surface area contributed by atoms with Crippen molar-refractivity contribution >= 4 is 45.9 Å². The fourth-order valence-electron chi connectivity index (χ4n) is 10.1. The molecule has 0 radical (unpaired) electrons. The number of unbranched alkanes of at least 4 members (excludes halogenated alkanes) is 26. The lowest BCUT2D eigenvalue weighted by atomic mass is 10.1. The summed E-state index contributed by atoms with van der Waals surface area (Å²) in [6.07, 6.45) is 39.7. The highest BCUT2D eigenvalue weighted by atomic mass is 16.5. The van der Waals surface area contributed by atoms with E-state index in [1.165, 1.54) is 153 Å². The Morgan fingerprint density at radius 1 is 0.358 bits per heavy atom. The molecular formula is C71H94N2O8. The van der Waals surface area contributed by atoms with Crippen LogP contribution in [0.25, 0.3) is 21.5 Å². The second kappa shape index (κ2) is 38.1. The average molecular weight is 1100 g/mol. The molecule has 2 N–H and O–H groups in total. The Hall–Kier alpha value is -6.68. The molecule has 10 heteroatoms. The van der Waals surface area contributed by atoms with Crippen molar-refractivity contribution in [1.29, 1.82) is 0 Å². The largest absolute Gasteiger partial charge is 0.507 e. The lowest BCUT2D eigenvalue weighted by molar-refractivity contribution is 0.0725. The van der Waals surface area contributed by atoms with Gasteiger partial charge in [-0.1, -0.05) is 199 Å². The molecule has 0 amide bonds. The zero-order valence-corrected chi connectivity index (χ0v) is 49.1. The van der Waals surface area contributed by atoms with Crippen LogP contribution in [-0.4, -0.2) is 60.9 Å². The topological polar surface area (TPSA) is 136 Å². The van der Waals surface area contributed by atoms with Gasteiger partial charge in [-0.15, -0.1) is 0 Å². The van der Waals surface area contributed by atoms with Crippen LogP contribution in [0.1, 0.15) is 232 Å². The number of fused-ring (bicyclic) bond motifs is 2. The van der Waals surface area contributed by atoms with Gasteiger partial charge in [-0.25, -0.2) is 9.59 Å². The van der Waals surface area contributed by atoms with Crippen molar-refractivity contribution in [2.45, 2.75) is 200 Å². The van der Waals surface area contributed by atoms with Crippen molar-refractivity contribution in [2.75, 3.05) is 26.3 Å². The Labute approximate surface area is 484 Å². The number of carbonyl (C=O) groups excluding carboxylic acids is 2. The Bertz CT molecular complexity index is 2650. The summed E-state index contributed by atoms with van der Waals surface area (Å²) in [5.41, 5.74) is 1.95. The van der Waals surface area contributed by atoms with Gasteiger partial charge in [-0.05, 0) is 120 Å². The Morgan fingerprint density at radius 2 is 0.667 bits per heavy atom. The summed E-state index contributed by atoms with van der Waals surface area (Å²) in [6.45, 7) is 7.20. The molecule has 0 fully saturated rings. The number of esters is 2. The number of phenols is 2. The normalized spacial score (nSPS) is 11.6. The molecule has 0 saturated heterocycles. The maximum atomic E-state index is 13.1. The van der Waals surface area contributed by atoms with E-state index in [-0.39, 0.29) is 23.0 Å². The fraction of sp³-hybridized carbons (Fsp3) is 0.493. The molecule has 436 valence electrons. The number of aromatic hydroxyl groups is 2. The minimum absolute atomic E-state index is 0.0107. The van der Waals surface area contributed by atoms with Gasteiger partial charge in [-0.2, -0.15) is 0 Å². The molecule has 6 rings (SSSR count). The number of ether oxygens (including phenoxy) is 4. The first-order valence-corrected chi connectivity index (χ1v) is 31.2. The molecule has 10 nitrogen and oxygen atoms in total. The van der Waals surface area contributed by atoms with E-state index in [9.17, 15) is 19.8 Å². The van der Waals surface area contributed by atoms with Crippen LogP contribution in [0.3, 0.4) is 0 Å². The lowest BCUT2D eigenvalue weighted by Gasteiger charge is -2.09. The van der Waals surface area contributed by atoms with Gasteiger partial charge in [0.15, 0.2) is 0 Å². The van der Waals surface area contributed by atoms with Crippen molar-refractivity contribution in [1.82, 2.24) is 0 Å². The van der Waals surface area contributed by atoms with Crippen LogP contribution < -0.4 is 18.9 Å². The molecular weight excluding hydrogens is 1010 g/mol. The van der Waals surface area contributed by atoms with E-state index in [2.05, 4.69) is 23.8 Å². The third-order valence-corrected chi connectivity index (χ3v) is 15.1. The summed E-state index contributed by atoms with van der Waals surface area (Å²) in [7, 11) is 0. The van der Waals surface area contributed by atoms with Crippen molar-refractivity contribution in [3.63, 3.8) is 0 Å². The van der Waals surface area contributed by atoms with Crippen molar-refractivity contribution in [3.05, 3.63) is 131 Å². The molecule has 0 unspecified atom stereocenters. The van der Waals surface area contributed by atoms with Crippen LogP contribution in [0.2, 0.25) is 0 Å². The number of aliphatic imine (C=N–C) groups is 2. The van der Waals surface area contributed by atoms with Crippen LogP contribution in [0, 0.1) is 0 Å². The molecule has 0 spiro atoms. The predicted octanol–water partition coefficient (Wildman–Crippen LogP) is 19.5. The molecule has 0 aliphatic rings. The van der Waals surface area contributed by atoms with Gasteiger partial charge in [0.2, 0.25) is 0 Å². The highest BCUT2D eigenvalue weighted by molar-refractivity contribution is 5.98. The second-order valence-electron chi connectivity index (χ2n) is 22.0. The third-order valence-electron chi connectivity index (χ3n) is 15.1. The number of hydrogen-bond donors (Lipinski definition) is 2. The first kappa shape index (κ1) is 63.5. The van der Waals surface area contributed by atoms with Gasteiger partial charge in [0.1, 0.15) is 34.5 Å². The van der Waals surface area contributed by atoms with Crippen LogP contribution in [0.5, 0.6) is 34.5 Å². The molecule has 0 aliphatic carbocycles. The monoisotopic (exact) mass is 1100 g/mol. The average Bonchev–Trinajstić information content (AvgIpc) is 3.53. The zero-order valence-electron chi connectivity index (χ0n) is 49.1. The minimum Gasteiger partial charge on any atom is -0.507 e. The Morgan fingerprint density at radius 3 is 1.02 bits per heavy atom. The summed E-state index contributed by atoms with van der Waals surface area (Å²) >= 11 is 0. The molecule has 0 heterocycles. The Kier molecular flexibility index (Phi) is 29.9. The van der Waals surface area contributed by atoms with Crippen molar-refractivity contribution < 1.29 is 38.7 Å². The number of hydrogen-bond acceptors (Lipinski definition) is 10. The van der Waals surface area contributed by atoms with Gasteiger partial charge in [0, 0.05) is 48.8 Å². The van der Waals surface area contributed by atoms with E-state index in [1.807, 2.05) is 60.7 Å². The van der Waals surface area contributed by atoms with Crippen molar-refractivity contribution in [3.8, 4) is 34.5 Å². The molecule has 0 aromatic heterocycles. The molecule has 81 heavy (non-hydrogen) atoms. The number of rotatable bonds is 42. The maximum Gasteiger partial charge on any atom is 0.343 e. The van der Waals surface area contributed by atoms with Gasteiger partial charge < -0.3 is 29.2 Å². The first-order chi connectivity index (χ1) is 39.8. The molecule has 0 saturated carbocycles. The third kappa shape index (κ3) is 24.5. The van der Waals surface area contributed by atoms with Crippen LogP contribution in [0.4, 0.5) is 0 Å². The highest BCUT2D eigenvalue weighted by Crippen LogP contribution is 2.29. The lowest BCUT2D eigenvalue weighted by Crippen LogP contribution is -2.08.